The summed E-state index contributed by atoms with van der Waals surface area (Å²) in [5.74, 6) is 1.56. The van der Waals surface area contributed by atoms with Gasteiger partial charge in [-0.15, -0.1) is 0 Å². The number of carbonyl (C=O) groups excluding carboxylic acids is 1. The SMILES string of the molecule is O=C(Nc1ccc2c(c1)OCO2)N[C@@H]1COC[C@H]1Cc1ccncc1. The van der Waals surface area contributed by atoms with Crippen LogP contribution in [-0.4, -0.2) is 37.1 Å². The lowest BCUT2D eigenvalue weighted by molar-refractivity contribution is 0.174. The van der Waals surface area contributed by atoms with Crippen LogP contribution in [0.2, 0.25) is 0 Å². The Balaban J connectivity index is 1.35. The summed E-state index contributed by atoms with van der Waals surface area (Å²) in [5.41, 5.74) is 1.85. The smallest absolute Gasteiger partial charge is 0.319 e. The Morgan fingerprint density at radius 2 is 1.96 bits per heavy atom. The molecular weight excluding hydrogens is 322 g/mol. The number of rotatable bonds is 4. The van der Waals surface area contributed by atoms with Crippen molar-refractivity contribution in [3.8, 4) is 11.5 Å². The maximum atomic E-state index is 12.3. The average Bonchev–Trinajstić information content (AvgIpc) is 3.25. The van der Waals surface area contributed by atoms with Crippen LogP contribution in [0.3, 0.4) is 0 Å². The van der Waals surface area contributed by atoms with E-state index in [1.807, 2.05) is 12.1 Å². The zero-order chi connectivity index (χ0) is 17.1. The van der Waals surface area contributed by atoms with Gasteiger partial charge in [0.2, 0.25) is 6.79 Å². The van der Waals surface area contributed by atoms with Crippen LogP contribution in [-0.2, 0) is 11.2 Å². The molecule has 7 nitrogen and oxygen atoms in total. The molecule has 2 aromatic rings. The summed E-state index contributed by atoms with van der Waals surface area (Å²) in [7, 11) is 0. The lowest BCUT2D eigenvalue weighted by atomic mass is 9.95. The normalized spacial score (nSPS) is 21.1. The second kappa shape index (κ2) is 6.98. The number of pyridine rings is 1. The molecule has 0 aliphatic carbocycles. The maximum Gasteiger partial charge on any atom is 0.319 e. The number of nitrogens with one attached hydrogen (secondary N) is 2. The van der Waals surface area contributed by atoms with Gasteiger partial charge < -0.3 is 24.8 Å². The lowest BCUT2D eigenvalue weighted by Crippen LogP contribution is -2.42. The zero-order valence-corrected chi connectivity index (χ0v) is 13.6. The average molecular weight is 341 g/mol. The number of ether oxygens (including phenoxy) is 3. The fraction of sp³-hybridized carbons (Fsp3) is 0.333. The van der Waals surface area contributed by atoms with Crippen LogP contribution >= 0.6 is 0 Å². The van der Waals surface area contributed by atoms with E-state index < -0.39 is 0 Å². The van der Waals surface area contributed by atoms with E-state index in [-0.39, 0.29) is 24.8 Å². The highest BCUT2D eigenvalue weighted by Crippen LogP contribution is 2.34. The van der Waals surface area contributed by atoms with Gasteiger partial charge in [0.1, 0.15) is 0 Å². The first-order valence-corrected chi connectivity index (χ1v) is 8.22. The topological polar surface area (TPSA) is 81.7 Å². The van der Waals surface area contributed by atoms with Crippen LogP contribution in [0.15, 0.2) is 42.7 Å². The summed E-state index contributed by atoms with van der Waals surface area (Å²) < 4.78 is 16.1. The van der Waals surface area contributed by atoms with Crippen LogP contribution in [0.25, 0.3) is 0 Å². The Morgan fingerprint density at radius 3 is 2.84 bits per heavy atom. The van der Waals surface area contributed by atoms with Gasteiger partial charge >= 0.3 is 6.03 Å². The van der Waals surface area contributed by atoms with E-state index in [0.717, 1.165) is 6.42 Å². The number of fused-ring (bicyclic) bond motifs is 1. The van der Waals surface area contributed by atoms with Crippen molar-refractivity contribution in [3.05, 3.63) is 48.3 Å². The monoisotopic (exact) mass is 341 g/mol. The fourth-order valence-corrected chi connectivity index (χ4v) is 3.09. The first-order chi connectivity index (χ1) is 12.3. The van der Waals surface area contributed by atoms with Crippen molar-refractivity contribution in [3.63, 3.8) is 0 Å². The third kappa shape index (κ3) is 3.66. The predicted molar refractivity (Wildman–Crippen MR) is 90.8 cm³/mol. The summed E-state index contributed by atoms with van der Waals surface area (Å²) in [4.78, 5) is 16.3. The van der Waals surface area contributed by atoms with E-state index in [9.17, 15) is 4.79 Å². The molecule has 2 amide bonds. The molecule has 1 aromatic heterocycles. The molecule has 1 saturated heterocycles. The van der Waals surface area contributed by atoms with Crippen molar-refractivity contribution in [2.24, 2.45) is 5.92 Å². The molecule has 2 N–H and O–H groups in total. The number of amides is 2. The van der Waals surface area contributed by atoms with Gasteiger partial charge in [-0.3, -0.25) is 4.98 Å². The minimum atomic E-state index is -0.255. The quantitative estimate of drug-likeness (QED) is 0.891. The van der Waals surface area contributed by atoms with E-state index in [2.05, 4.69) is 15.6 Å². The molecule has 2 aliphatic heterocycles. The molecule has 7 heteroatoms. The number of hydrogen-bond acceptors (Lipinski definition) is 5. The number of aromatic nitrogens is 1. The van der Waals surface area contributed by atoms with Gasteiger partial charge in [-0.05, 0) is 36.2 Å². The van der Waals surface area contributed by atoms with Crippen molar-refractivity contribution < 1.29 is 19.0 Å². The number of benzene rings is 1. The molecule has 1 fully saturated rings. The number of urea groups is 1. The maximum absolute atomic E-state index is 12.3. The second-order valence-corrected chi connectivity index (χ2v) is 6.13. The largest absolute Gasteiger partial charge is 0.454 e. The molecule has 4 rings (SSSR count). The lowest BCUT2D eigenvalue weighted by Gasteiger charge is -2.19. The highest BCUT2D eigenvalue weighted by atomic mass is 16.7. The summed E-state index contributed by atoms with van der Waals surface area (Å²) >= 11 is 0. The number of anilines is 1. The zero-order valence-electron chi connectivity index (χ0n) is 13.6. The van der Waals surface area contributed by atoms with E-state index in [1.54, 1.807) is 30.6 Å². The Labute approximate surface area is 145 Å². The number of nitrogens with zero attached hydrogens (tertiary/aromatic N) is 1. The van der Waals surface area contributed by atoms with Crippen molar-refractivity contribution in [2.45, 2.75) is 12.5 Å². The molecule has 2 atom stereocenters. The summed E-state index contributed by atoms with van der Waals surface area (Å²) in [6, 6.07) is 9.01. The molecule has 25 heavy (non-hydrogen) atoms. The van der Waals surface area contributed by atoms with Crippen LogP contribution in [0.4, 0.5) is 10.5 Å². The molecule has 0 unspecified atom stereocenters. The standard InChI is InChI=1S/C18H19N3O4/c22-18(20-14-1-2-16-17(8-14)25-11-24-16)21-15-10-23-9-13(15)7-12-3-5-19-6-4-12/h1-6,8,13,15H,7,9-11H2,(H2,20,21,22)/t13-,15-/m1/s1. The number of hydrogen-bond donors (Lipinski definition) is 2. The molecule has 3 heterocycles. The molecule has 1 aromatic carbocycles. The molecular formula is C18H19N3O4. The highest BCUT2D eigenvalue weighted by Gasteiger charge is 2.29. The Kier molecular flexibility index (Phi) is 4.39. The Bertz CT molecular complexity index is 753. The van der Waals surface area contributed by atoms with Gasteiger partial charge in [0.05, 0.1) is 19.3 Å². The van der Waals surface area contributed by atoms with Gasteiger partial charge in [-0.25, -0.2) is 4.79 Å². The van der Waals surface area contributed by atoms with Crippen LogP contribution in [0.1, 0.15) is 5.56 Å². The van der Waals surface area contributed by atoms with Gasteiger partial charge in [0.15, 0.2) is 11.5 Å². The van der Waals surface area contributed by atoms with Gasteiger partial charge in [-0.1, -0.05) is 0 Å². The third-order valence-electron chi connectivity index (χ3n) is 4.39. The minimum absolute atomic E-state index is 0.0258. The fourth-order valence-electron chi connectivity index (χ4n) is 3.09. The molecule has 0 radical (unpaired) electrons. The molecule has 130 valence electrons. The third-order valence-corrected chi connectivity index (χ3v) is 4.39. The summed E-state index contributed by atoms with van der Waals surface area (Å²) in [6.45, 7) is 1.36. The van der Waals surface area contributed by atoms with E-state index in [0.29, 0.717) is 30.4 Å². The molecule has 2 aliphatic rings. The Morgan fingerprint density at radius 1 is 1.12 bits per heavy atom. The van der Waals surface area contributed by atoms with Crippen molar-refractivity contribution in [1.29, 1.82) is 0 Å². The van der Waals surface area contributed by atoms with E-state index >= 15 is 0 Å². The highest BCUT2D eigenvalue weighted by molar-refractivity contribution is 5.90. The van der Waals surface area contributed by atoms with E-state index in [4.69, 9.17) is 14.2 Å². The van der Waals surface area contributed by atoms with Gasteiger partial charge in [-0.2, -0.15) is 0 Å². The van der Waals surface area contributed by atoms with Crippen LogP contribution in [0, 0.1) is 5.92 Å². The number of carbonyl (C=O) groups is 1. The van der Waals surface area contributed by atoms with Crippen molar-refractivity contribution >= 4 is 11.7 Å². The van der Waals surface area contributed by atoms with Gasteiger partial charge in [0, 0.05) is 30.1 Å². The molecule has 0 saturated carbocycles. The van der Waals surface area contributed by atoms with E-state index in [1.165, 1.54) is 5.56 Å². The first kappa shape index (κ1) is 15.7. The summed E-state index contributed by atoms with van der Waals surface area (Å²) in [6.07, 6.45) is 4.40. The van der Waals surface area contributed by atoms with Crippen LogP contribution < -0.4 is 20.1 Å². The van der Waals surface area contributed by atoms with Crippen molar-refractivity contribution in [2.75, 3.05) is 25.3 Å². The van der Waals surface area contributed by atoms with Gasteiger partial charge in [0.25, 0.3) is 0 Å². The van der Waals surface area contributed by atoms with Crippen LogP contribution in [0.5, 0.6) is 11.5 Å². The summed E-state index contributed by atoms with van der Waals surface area (Å²) in [5, 5.41) is 5.83. The first-order valence-electron chi connectivity index (χ1n) is 8.22. The van der Waals surface area contributed by atoms with Crippen molar-refractivity contribution in [1.82, 2.24) is 10.3 Å². The Hall–Kier alpha value is -2.80. The minimum Gasteiger partial charge on any atom is -0.454 e. The second-order valence-electron chi connectivity index (χ2n) is 6.13. The molecule has 0 bridgehead atoms. The predicted octanol–water partition coefficient (Wildman–Crippen LogP) is 2.19. The molecule has 0 spiro atoms.